The number of carbonyl (C=O) groups is 2. The van der Waals surface area contributed by atoms with Crippen LogP contribution in [0.25, 0.3) is 0 Å². The summed E-state index contributed by atoms with van der Waals surface area (Å²) in [4.78, 5) is 26.8. The number of piperidine rings is 1. The molecule has 0 radical (unpaired) electrons. The van der Waals surface area contributed by atoms with Crippen LogP contribution >= 0.6 is 0 Å². The summed E-state index contributed by atoms with van der Waals surface area (Å²) in [7, 11) is 0. The van der Waals surface area contributed by atoms with Gasteiger partial charge in [0.2, 0.25) is 5.91 Å². The van der Waals surface area contributed by atoms with E-state index in [-0.39, 0.29) is 24.4 Å². The lowest BCUT2D eigenvalue weighted by atomic mass is 9.91. The van der Waals surface area contributed by atoms with Crippen LogP contribution in [0.4, 0.5) is 4.79 Å². The van der Waals surface area contributed by atoms with Crippen molar-refractivity contribution in [1.82, 2.24) is 15.5 Å². The van der Waals surface area contributed by atoms with Gasteiger partial charge in [0.15, 0.2) is 0 Å². The van der Waals surface area contributed by atoms with E-state index in [0.29, 0.717) is 25.4 Å². The van der Waals surface area contributed by atoms with Crippen molar-refractivity contribution in [2.75, 3.05) is 19.6 Å². The van der Waals surface area contributed by atoms with Crippen molar-refractivity contribution in [1.29, 1.82) is 5.26 Å². The molecule has 6 heteroatoms. The molecule has 0 aliphatic carbocycles. The smallest absolute Gasteiger partial charge is 0.318 e. The van der Waals surface area contributed by atoms with Crippen LogP contribution in [0, 0.1) is 17.2 Å². The van der Waals surface area contributed by atoms with Crippen LogP contribution in [-0.2, 0) is 4.79 Å². The first-order chi connectivity index (χ1) is 12.5. The first-order valence-corrected chi connectivity index (χ1v) is 9.26. The Morgan fingerprint density at radius 2 is 2.04 bits per heavy atom. The van der Waals surface area contributed by atoms with Crippen molar-refractivity contribution >= 4 is 11.9 Å². The van der Waals surface area contributed by atoms with E-state index < -0.39 is 6.04 Å². The minimum atomic E-state index is -0.618. The molecule has 1 heterocycles. The second-order valence-electron chi connectivity index (χ2n) is 7.20. The Labute approximate surface area is 155 Å². The summed E-state index contributed by atoms with van der Waals surface area (Å²) in [6.07, 6.45) is 2.55. The van der Waals surface area contributed by atoms with Gasteiger partial charge in [-0.3, -0.25) is 4.79 Å². The standard InChI is InChI=1S/C20H28N4O2/c1-15(2)13-18(19(25)22-11-10-21)23-20(26)24-12-6-9-17(14-24)16-7-4-3-5-8-16/h3-5,7-8,15,17-18H,6,9,11-14H2,1-2H3,(H,22,25)(H,23,26). The normalized spacial score (nSPS) is 18.1. The van der Waals surface area contributed by atoms with Gasteiger partial charge < -0.3 is 15.5 Å². The lowest BCUT2D eigenvalue weighted by Crippen LogP contribution is -2.53. The van der Waals surface area contributed by atoms with E-state index in [1.165, 1.54) is 5.56 Å². The largest absolute Gasteiger partial charge is 0.341 e. The molecule has 1 aromatic rings. The quantitative estimate of drug-likeness (QED) is 0.768. The summed E-state index contributed by atoms with van der Waals surface area (Å²) in [5.41, 5.74) is 1.25. The average Bonchev–Trinajstić information content (AvgIpc) is 2.66. The molecule has 2 atom stereocenters. The lowest BCUT2D eigenvalue weighted by molar-refractivity contribution is -0.123. The van der Waals surface area contributed by atoms with Crippen LogP contribution in [0.5, 0.6) is 0 Å². The number of hydrogen-bond acceptors (Lipinski definition) is 3. The Balaban J connectivity index is 1.98. The molecule has 0 bridgehead atoms. The molecule has 1 aliphatic heterocycles. The maximum absolute atomic E-state index is 12.7. The average molecular weight is 356 g/mol. The summed E-state index contributed by atoms with van der Waals surface area (Å²) >= 11 is 0. The van der Waals surface area contributed by atoms with Crippen molar-refractivity contribution in [3.63, 3.8) is 0 Å². The second kappa shape index (κ2) is 9.81. The molecule has 1 aliphatic rings. The van der Waals surface area contributed by atoms with E-state index in [2.05, 4.69) is 22.8 Å². The third-order valence-electron chi connectivity index (χ3n) is 4.64. The van der Waals surface area contributed by atoms with Crippen molar-refractivity contribution in [3.8, 4) is 6.07 Å². The van der Waals surface area contributed by atoms with E-state index in [1.54, 1.807) is 4.90 Å². The molecule has 1 aromatic carbocycles. The molecule has 1 saturated heterocycles. The van der Waals surface area contributed by atoms with Crippen LogP contribution in [0.15, 0.2) is 30.3 Å². The Hall–Kier alpha value is -2.55. The summed E-state index contributed by atoms with van der Waals surface area (Å²) in [5, 5.41) is 14.1. The number of rotatable bonds is 6. The molecule has 1 fully saturated rings. The Bertz CT molecular complexity index is 639. The van der Waals surface area contributed by atoms with Gasteiger partial charge in [-0.05, 0) is 30.7 Å². The number of nitrogens with zero attached hydrogens (tertiary/aromatic N) is 2. The van der Waals surface area contributed by atoms with Gasteiger partial charge >= 0.3 is 6.03 Å². The Morgan fingerprint density at radius 1 is 1.31 bits per heavy atom. The number of carbonyl (C=O) groups excluding carboxylic acids is 2. The third kappa shape index (κ3) is 5.76. The molecule has 2 N–H and O–H groups in total. The second-order valence-corrected chi connectivity index (χ2v) is 7.20. The van der Waals surface area contributed by atoms with Crippen LogP contribution in [0.2, 0.25) is 0 Å². The summed E-state index contributed by atoms with van der Waals surface area (Å²) in [6.45, 7) is 5.31. The fourth-order valence-electron chi connectivity index (χ4n) is 3.35. The van der Waals surface area contributed by atoms with E-state index in [0.717, 1.165) is 12.8 Å². The number of amides is 3. The maximum atomic E-state index is 12.7. The lowest BCUT2D eigenvalue weighted by Gasteiger charge is -2.34. The van der Waals surface area contributed by atoms with Crippen molar-refractivity contribution in [2.24, 2.45) is 5.92 Å². The molecule has 0 spiro atoms. The molecule has 2 unspecified atom stereocenters. The van der Waals surface area contributed by atoms with Gasteiger partial charge in [-0.15, -0.1) is 0 Å². The fraction of sp³-hybridized carbons (Fsp3) is 0.550. The van der Waals surface area contributed by atoms with Gasteiger partial charge in [-0.25, -0.2) is 4.79 Å². The molecule has 3 amide bonds. The van der Waals surface area contributed by atoms with Gasteiger partial charge in [0.25, 0.3) is 0 Å². The van der Waals surface area contributed by atoms with Gasteiger partial charge in [0.05, 0.1) is 6.07 Å². The molecule has 6 nitrogen and oxygen atoms in total. The van der Waals surface area contributed by atoms with Crippen molar-refractivity contribution < 1.29 is 9.59 Å². The minimum Gasteiger partial charge on any atom is -0.341 e. The van der Waals surface area contributed by atoms with E-state index >= 15 is 0 Å². The number of hydrogen-bond donors (Lipinski definition) is 2. The first kappa shape index (κ1) is 19.8. The molecular weight excluding hydrogens is 328 g/mol. The third-order valence-corrected chi connectivity index (χ3v) is 4.64. The number of urea groups is 1. The van der Waals surface area contributed by atoms with Gasteiger partial charge in [-0.1, -0.05) is 44.2 Å². The highest BCUT2D eigenvalue weighted by molar-refractivity contribution is 5.87. The Morgan fingerprint density at radius 3 is 2.69 bits per heavy atom. The predicted octanol–water partition coefficient (Wildman–Crippen LogP) is 2.63. The summed E-state index contributed by atoms with van der Waals surface area (Å²) < 4.78 is 0. The Kier molecular flexibility index (Phi) is 7.46. The highest BCUT2D eigenvalue weighted by Gasteiger charge is 2.28. The molecule has 2 rings (SSSR count). The zero-order valence-corrected chi connectivity index (χ0v) is 15.6. The minimum absolute atomic E-state index is 0.0525. The van der Waals surface area contributed by atoms with Crippen LogP contribution in [0.1, 0.15) is 44.6 Å². The molecular formula is C20H28N4O2. The van der Waals surface area contributed by atoms with Crippen molar-refractivity contribution in [2.45, 2.75) is 45.1 Å². The predicted molar refractivity (Wildman–Crippen MR) is 100 cm³/mol. The highest BCUT2D eigenvalue weighted by atomic mass is 16.2. The van der Waals surface area contributed by atoms with E-state index in [1.807, 2.05) is 38.1 Å². The number of nitriles is 1. The van der Waals surface area contributed by atoms with Crippen molar-refractivity contribution in [3.05, 3.63) is 35.9 Å². The first-order valence-electron chi connectivity index (χ1n) is 9.26. The number of nitrogens with one attached hydrogen (secondary N) is 2. The number of likely N-dealkylation sites (tertiary alicyclic amines) is 1. The van der Waals surface area contributed by atoms with Crippen LogP contribution in [0.3, 0.4) is 0 Å². The van der Waals surface area contributed by atoms with Gasteiger partial charge in [0, 0.05) is 19.0 Å². The highest BCUT2D eigenvalue weighted by Crippen LogP contribution is 2.26. The zero-order valence-electron chi connectivity index (χ0n) is 15.6. The summed E-state index contributed by atoms with van der Waals surface area (Å²) in [5.74, 6) is 0.281. The fourth-order valence-corrected chi connectivity index (χ4v) is 3.35. The maximum Gasteiger partial charge on any atom is 0.318 e. The molecule has 26 heavy (non-hydrogen) atoms. The monoisotopic (exact) mass is 356 g/mol. The summed E-state index contributed by atoms with van der Waals surface area (Å²) in [6, 6.07) is 11.3. The van der Waals surface area contributed by atoms with E-state index in [9.17, 15) is 9.59 Å². The van der Waals surface area contributed by atoms with Gasteiger partial charge in [0.1, 0.15) is 12.6 Å². The van der Waals surface area contributed by atoms with Crippen LogP contribution in [-0.4, -0.2) is 42.5 Å². The van der Waals surface area contributed by atoms with Gasteiger partial charge in [-0.2, -0.15) is 5.26 Å². The van der Waals surface area contributed by atoms with E-state index in [4.69, 9.17) is 5.26 Å². The molecule has 140 valence electrons. The van der Waals surface area contributed by atoms with Crippen LogP contribution < -0.4 is 10.6 Å². The SMILES string of the molecule is CC(C)CC(NC(=O)N1CCCC(c2ccccc2)C1)C(=O)NCC#N. The molecule has 0 aromatic heterocycles. The molecule has 0 saturated carbocycles. The zero-order chi connectivity index (χ0) is 18.9. The topological polar surface area (TPSA) is 85.2 Å². The number of benzene rings is 1.